The highest BCUT2D eigenvalue weighted by molar-refractivity contribution is 6.34. The summed E-state index contributed by atoms with van der Waals surface area (Å²) in [6.07, 6.45) is 1.44. The quantitative estimate of drug-likeness (QED) is 0.484. The largest absolute Gasteiger partial charge is 0.451 e. The zero-order chi connectivity index (χ0) is 15.8. The minimum Gasteiger partial charge on any atom is -0.451 e. The summed E-state index contributed by atoms with van der Waals surface area (Å²) in [4.78, 5) is 37.8. The van der Waals surface area contributed by atoms with Crippen molar-refractivity contribution >= 4 is 41.1 Å². The normalized spacial score (nSPS) is 9.62. The molecule has 0 saturated heterocycles. The van der Waals surface area contributed by atoms with Crippen LogP contribution in [-0.4, -0.2) is 36.0 Å². The van der Waals surface area contributed by atoms with Crippen molar-refractivity contribution in [2.75, 3.05) is 13.2 Å². The number of urea groups is 1. The highest BCUT2D eigenvalue weighted by atomic mass is 35.5. The van der Waals surface area contributed by atoms with Gasteiger partial charge in [-0.1, -0.05) is 29.3 Å². The van der Waals surface area contributed by atoms with Crippen molar-refractivity contribution in [1.82, 2.24) is 15.6 Å². The first-order valence-corrected chi connectivity index (χ1v) is 6.37. The first-order chi connectivity index (χ1) is 9.93. The Morgan fingerprint density at radius 2 is 2.05 bits per heavy atom. The fourth-order valence-corrected chi connectivity index (χ4v) is 1.46. The van der Waals surface area contributed by atoms with Gasteiger partial charge in [-0.05, 0) is 12.1 Å². The van der Waals surface area contributed by atoms with Gasteiger partial charge in [-0.15, -0.1) is 6.58 Å². The summed E-state index contributed by atoms with van der Waals surface area (Å²) >= 11 is 11.4. The molecule has 9 heteroatoms. The number of halogens is 2. The molecule has 112 valence electrons. The van der Waals surface area contributed by atoms with Crippen LogP contribution in [0, 0.1) is 0 Å². The maximum absolute atomic E-state index is 11.7. The SMILES string of the molecule is C=CCNC(=O)NC(=O)COC(=O)c1nc(Cl)ccc1Cl. The van der Waals surface area contributed by atoms with Crippen LogP contribution >= 0.6 is 23.2 Å². The lowest BCUT2D eigenvalue weighted by molar-refractivity contribution is -0.123. The van der Waals surface area contributed by atoms with Gasteiger partial charge >= 0.3 is 12.0 Å². The number of ether oxygens (including phenoxy) is 1. The second-order valence-electron chi connectivity index (χ2n) is 3.59. The van der Waals surface area contributed by atoms with E-state index in [1.54, 1.807) is 0 Å². The van der Waals surface area contributed by atoms with Gasteiger partial charge in [0.25, 0.3) is 5.91 Å². The molecule has 2 N–H and O–H groups in total. The van der Waals surface area contributed by atoms with Crippen molar-refractivity contribution in [3.05, 3.63) is 40.7 Å². The zero-order valence-electron chi connectivity index (χ0n) is 10.7. The highest BCUT2D eigenvalue weighted by Crippen LogP contribution is 2.17. The Labute approximate surface area is 130 Å². The van der Waals surface area contributed by atoms with Crippen molar-refractivity contribution < 1.29 is 19.1 Å². The van der Waals surface area contributed by atoms with Crippen LogP contribution in [0.5, 0.6) is 0 Å². The number of carbonyl (C=O) groups is 3. The molecular weight excluding hydrogens is 321 g/mol. The highest BCUT2D eigenvalue weighted by Gasteiger charge is 2.16. The van der Waals surface area contributed by atoms with E-state index >= 15 is 0 Å². The number of imide groups is 1. The molecule has 0 unspecified atom stereocenters. The number of hydrogen-bond donors (Lipinski definition) is 2. The van der Waals surface area contributed by atoms with Gasteiger partial charge in [0.05, 0.1) is 5.02 Å². The maximum atomic E-state index is 11.7. The fourth-order valence-electron chi connectivity index (χ4n) is 1.13. The average molecular weight is 332 g/mol. The van der Waals surface area contributed by atoms with Crippen LogP contribution in [0.4, 0.5) is 4.79 Å². The van der Waals surface area contributed by atoms with Gasteiger partial charge < -0.3 is 10.1 Å². The third kappa shape index (κ3) is 5.80. The molecule has 0 fully saturated rings. The molecule has 21 heavy (non-hydrogen) atoms. The topological polar surface area (TPSA) is 97.4 Å². The molecule has 0 bridgehead atoms. The van der Waals surface area contributed by atoms with Gasteiger partial charge in [0.2, 0.25) is 0 Å². The van der Waals surface area contributed by atoms with E-state index in [0.717, 1.165) is 0 Å². The van der Waals surface area contributed by atoms with Crippen LogP contribution in [-0.2, 0) is 9.53 Å². The first-order valence-electron chi connectivity index (χ1n) is 5.61. The van der Waals surface area contributed by atoms with Crippen LogP contribution in [0.2, 0.25) is 10.2 Å². The van der Waals surface area contributed by atoms with E-state index in [0.29, 0.717) is 0 Å². The number of esters is 1. The van der Waals surface area contributed by atoms with Gasteiger partial charge in [-0.25, -0.2) is 14.6 Å². The summed E-state index contributed by atoms with van der Waals surface area (Å²) < 4.78 is 4.67. The van der Waals surface area contributed by atoms with Crippen LogP contribution in [0.3, 0.4) is 0 Å². The summed E-state index contributed by atoms with van der Waals surface area (Å²) in [5, 5.41) is 4.36. The molecule has 0 saturated carbocycles. The number of pyridine rings is 1. The van der Waals surface area contributed by atoms with Crippen LogP contribution < -0.4 is 10.6 Å². The number of aromatic nitrogens is 1. The van der Waals surface area contributed by atoms with Crippen molar-refractivity contribution in [1.29, 1.82) is 0 Å². The Kier molecular flexibility index (Phi) is 6.64. The van der Waals surface area contributed by atoms with Gasteiger partial charge in [-0.3, -0.25) is 10.1 Å². The summed E-state index contributed by atoms with van der Waals surface area (Å²) in [7, 11) is 0. The molecular formula is C12H11Cl2N3O4. The van der Waals surface area contributed by atoms with E-state index < -0.39 is 24.5 Å². The third-order valence-electron chi connectivity index (χ3n) is 2.00. The van der Waals surface area contributed by atoms with Crippen molar-refractivity contribution in [3.63, 3.8) is 0 Å². The molecule has 1 rings (SSSR count). The van der Waals surface area contributed by atoms with Crippen molar-refractivity contribution in [2.24, 2.45) is 0 Å². The number of hydrogen-bond acceptors (Lipinski definition) is 5. The van der Waals surface area contributed by atoms with Gasteiger partial charge in [0.1, 0.15) is 5.15 Å². The van der Waals surface area contributed by atoms with Gasteiger partial charge in [0.15, 0.2) is 12.3 Å². The first kappa shape index (κ1) is 16.9. The standard InChI is InChI=1S/C12H11Cl2N3O4/c1-2-5-15-12(20)17-9(18)6-21-11(19)10-7(13)3-4-8(14)16-10/h2-4H,1,5-6H2,(H2,15,17,18,20). The molecule has 1 aromatic heterocycles. The van der Waals surface area contributed by atoms with Gasteiger partial charge in [-0.2, -0.15) is 0 Å². The summed E-state index contributed by atoms with van der Waals surface area (Å²) in [6.45, 7) is 2.93. The Morgan fingerprint density at radius 3 is 2.71 bits per heavy atom. The lowest BCUT2D eigenvalue weighted by atomic mass is 10.3. The molecule has 0 aliphatic heterocycles. The Morgan fingerprint density at radius 1 is 1.33 bits per heavy atom. The summed E-state index contributed by atoms with van der Waals surface area (Å²) in [5.74, 6) is -1.73. The Bertz CT molecular complexity index is 578. The minimum absolute atomic E-state index is 0.0357. The second-order valence-corrected chi connectivity index (χ2v) is 4.38. The number of nitrogens with zero attached hydrogens (tertiary/aromatic N) is 1. The fraction of sp³-hybridized carbons (Fsp3) is 0.167. The van der Waals surface area contributed by atoms with E-state index in [2.05, 4.69) is 21.6 Å². The molecule has 7 nitrogen and oxygen atoms in total. The molecule has 0 atom stereocenters. The number of nitrogens with one attached hydrogen (secondary N) is 2. The lowest BCUT2D eigenvalue weighted by Gasteiger charge is -2.06. The monoisotopic (exact) mass is 331 g/mol. The molecule has 0 radical (unpaired) electrons. The number of carbonyl (C=O) groups excluding carboxylic acids is 3. The van der Waals surface area contributed by atoms with Crippen molar-refractivity contribution in [3.8, 4) is 0 Å². The average Bonchev–Trinajstić information content (AvgIpc) is 2.45. The molecule has 0 aliphatic carbocycles. The van der Waals surface area contributed by atoms with Crippen LogP contribution in [0.15, 0.2) is 24.8 Å². The smallest absolute Gasteiger partial charge is 0.359 e. The summed E-state index contributed by atoms with van der Waals surface area (Å²) in [5.41, 5.74) is -0.215. The molecule has 0 aliphatic rings. The van der Waals surface area contributed by atoms with E-state index in [-0.39, 0.29) is 22.4 Å². The molecule has 0 spiro atoms. The van der Waals surface area contributed by atoms with E-state index in [1.807, 2.05) is 5.32 Å². The van der Waals surface area contributed by atoms with Crippen LogP contribution in [0.25, 0.3) is 0 Å². The minimum atomic E-state index is -0.927. The van der Waals surface area contributed by atoms with E-state index in [9.17, 15) is 14.4 Å². The summed E-state index contributed by atoms with van der Waals surface area (Å²) in [6, 6.07) is 2.04. The molecule has 3 amide bonds. The zero-order valence-corrected chi connectivity index (χ0v) is 12.2. The third-order valence-corrected chi connectivity index (χ3v) is 2.52. The van der Waals surface area contributed by atoms with Crippen LogP contribution in [0.1, 0.15) is 10.5 Å². The number of rotatable bonds is 5. The lowest BCUT2D eigenvalue weighted by Crippen LogP contribution is -2.41. The van der Waals surface area contributed by atoms with Crippen molar-refractivity contribution in [2.45, 2.75) is 0 Å². The van der Waals surface area contributed by atoms with E-state index in [1.165, 1.54) is 18.2 Å². The Hall–Kier alpha value is -2.12. The predicted molar refractivity (Wildman–Crippen MR) is 76.3 cm³/mol. The molecule has 1 aromatic rings. The number of amides is 3. The molecule has 1 heterocycles. The maximum Gasteiger partial charge on any atom is 0.359 e. The van der Waals surface area contributed by atoms with E-state index in [4.69, 9.17) is 23.2 Å². The predicted octanol–water partition coefficient (Wildman–Crippen LogP) is 1.56. The molecule has 0 aromatic carbocycles. The second kappa shape index (κ2) is 8.23. The Balaban J connectivity index is 2.49. The van der Waals surface area contributed by atoms with Gasteiger partial charge in [0, 0.05) is 6.54 Å².